The quantitative estimate of drug-likeness (QED) is 0.242. The zero-order chi connectivity index (χ0) is 33.7. The van der Waals surface area contributed by atoms with Crippen molar-refractivity contribution in [2.75, 3.05) is 0 Å². The van der Waals surface area contributed by atoms with Gasteiger partial charge in [0, 0.05) is 25.8 Å². The van der Waals surface area contributed by atoms with Gasteiger partial charge >= 0.3 is 12.4 Å². The lowest BCUT2D eigenvalue weighted by molar-refractivity contribution is -0.144. The highest BCUT2D eigenvalue weighted by Crippen LogP contribution is 2.43. The van der Waals surface area contributed by atoms with Crippen LogP contribution in [-0.2, 0) is 17.5 Å². The molecule has 10 nitrogen and oxygen atoms in total. The number of carbonyl (C=O) groups excluding carboxylic acids is 2. The number of amides is 2. The summed E-state index contributed by atoms with van der Waals surface area (Å²) in [4.78, 5) is 30.3. The molecule has 3 saturated carbocycles. The molecule has 3 aromatic rings. The van der Waals surface area contributed by atoms with E-state index in [-0.39, 0.29) is 42.6 Å². The van der Waals surface area contributed by atoms with E-state index < -0.39 is 85.2 Å². The Hall–Kier alpha value is -3.86. The van der Waals surface area contributed by atoms with Gasteiger partial charge in [-0.15, -0.1) is 5.10 Å². The van der Waals surface area contributed by atoms with Gasteiger partial charge in [0.05, 0.1) is 36.6 Å². The molecule has 0 spiro atoms. The number of nitrogens with zero attached hydrogens (tertiary/aromatic N) is 6. The van der Waals surface area contributed by atoms with Gasteiger partial charge in [0.1, 0.15) is 0 Å². The molecule has 3 aromatic heterocycles. The molecule has 3 heterocycles. The van der Waals surface area contributed by atoms with E-state index in [1.807, 2.05) is 0 Å². The summed E-state index contributed by atoms with van der Waals surface area (Å²) in [6, 6.07) is -0.133. The highest BCUT2D eigenvalue weighted by molar-refractivity contribution is 5.93. The third-order valence-corrected chi connectivity index (χ3v) is 8.95. The number of aromatic nitrogens is 6. The Morgan fingerprint density at radius 2 is 1.64 bits per heavy atom. The van der Waals surface area contributed by atoms with Gasteiger partial charge < -0.3 is 10.6 Å². The SMILES string of the molecule is O=C(CCC(F)(F)F)NC(c1cnn2cc([C@@H](NC(=O)c3nnn(CC4CC4)c3C(F)(F)F)C3CCC(F)(F)CC3)nc2c1)C1CC1. The molecule has 6 rings (SSSR count). The van der Waals surface area contributed by atoms with Crippen molar-refractivity contribution in [2.24, 2.45) is 17.8 Å². The van der Waals surface area contributed by atoms with Gasteiger partial charge in [-0.3, -0.25) is 9.59 Å². The Labute approximate surface area is 262 Å². The van der Waals surface area contributed by atoms with E-state index >= 15 is 0 Å². The molecule has 2 N–H and O–H groups in total. The van der Waals surface area contributed by atoms with E-state index in [0.717, 1.165) is 25.7 Å². The van der Waals surface area contributed by atoms with Crippen molar-refractivity contribution < 1.29 is 44.7 Å². The van der Waals surface area contributed by atoms with Crippen LogP contribution in [0.4, 0.5) is 35.1 Å². The van der Waals surface area contributed by atoms with E-state index in [2.05, 4.69) is 31.0 Å². The first-order chi connectivity index (χ1) is 22.1. The molecule has 3 aliphatic carbocycles. The maximum atomic E-state index is 14.1. The first-order valence-electron chi connectivity index (χ1n) is 15.5. The average Bonchev–Trinajstić information content (AvgIpc) is 3.90. The fourth-order valence-corrected chi connectivity index (χ4v) is 6.09. The van der Waals surface area contributed by atoms with Gasteiger partial charge in [-0.05, 0) is 67.9 Å². The lowest BCUT2D eigenvalue weighted by atomic mass is 9.81. The average molecular weight is 677 g/mol. The van der Waals surface area contributed by atoms with E-state index in [1.54, 1.807) is 6.07 Å². The molecule has 0 bridgehead atoms. The number of nitrogens with one attached hydrogen (secondary N) is 2. The Morgan fingerprint density at radius 1 is 0.957 bits per heavy atom. The van der Waals surface area contributed by atoms with Crippen molar-refractivity contribution in [3.63, 3.8) is 0 Å². The van der Waals surface area contributed by atoms with E-state index in [4.69, 9.17) is 0 Å². The molecule has 2 atom stereocenters. The van der Waals surface area contributed by atoms with Crippen LogP contribution in [-0.4, -0.2) is 53.5 Å². The molecule has 1 unspecified atom stereocenters. The molecule has 18 heteroatoms. The fourth-order valence-electron chi connectivity index (χ4n) is 6.09. The van der Waals surface area contributed by atoms with Crippen molar-refractivity contribution in [2.45, 2.75) is 101 Å². The largest absolute Gasteiger partial charge is 0.435 e. The number of rotatable bonds is 11. The number of imidazole rings is 1. The Kier molecular flexibility index (Phi) is 8.65. The molecule has 3 aliphatic rings. The predicted octanol–water partition coefficient (Wildman–Crippen LogP) is 5.96. The molecular weight excluding hydrogens is 644 g/mol. The summed E-state index contributed by atoms with van der Waals surface area (Å²) in [5, 5.41) is 16.7. The van der Waals surface area contributed by atoms with Gasteiger partial charge in [0.2, 0.25) is 11.8 Å². The van der Waals surface area contributed by atoms with E-state index in [1.165, 1.54) is 16.9 Å². The van der Waals surface area contributed by atoms with Crippen molar-refractivity contribution in [3.8, 4) is 0 Å². The summed E-state index contributed by atoms with van der Waals surface area (Å²) >= 11 is 0. The zero-order valence-electron chi connectivity index (χ0n) is 24.9. The maximum Gasteiger partial charge on any atom is 0.435 e. The minimum absolute atomic E-state index is 0.00783. The molecule has 0 aromatic carbocycles. The lowest BCUT2D eigenvalue weighted by Crippen LogP contribution is -2.38. The van der Waals surface area contributed by atoms with Crippen LogP contribution in [0.5, 0.6) is 0 Å². The number of halogens is 8. The van der Waals surface area contributed by atoms with Crippen LogP contribution in [0, 0.1) is 17.8 Å². The van der Waals surface area contributed by atoms with Gasteiger partial charge in [0.25, 0.3) is 5.91 Å². The number of hydrogen-bond acceptors (Lipinski definition) is 6. The van der Waals surface area contributed by atoms with Crippen molar-refractivity contribution in [3.05, 3.63) is 41.1 Å². The summed E-state index contributed by atoms with van der Waals surface area (Å²) in [5.41, 5.74) is -1.35. The Bertz CT molecular complexity index is 1620. The topological polar surface area (TPSA) is 119 Å². The molecule has 3 fully saturated rings. The second-order valence-corrected chi connectivity index (χ2v) is 12.8. The number of fused-ring (bicyclic) bond motifs is 1. The third kappa shape index (κ3) is 8.00. The number of alkyl halides is 8. The zero-order valence-corrected chi connectivity index (χ0v) is 24.9. The number of hydrogen-bond donors (Lipinski definition) is 2. The van der Waals surface area contributed by atoms with Crippen LogP contribution >= 0.6 is 0 Å². The van der Waals surface area contributed by atoms with Crippen LogP contribution in [0.3, 0.4) is 0 Å². The summed E-state index contributed by atoms with van der Waals surface area (Å²) < 4.78 is 110. The summed E-state index contributed by atoms with van der Waals surface area (Å²) in [6.45, 7) is -0.0403. The first-order valence-corrected chi connectivity index (χ1v) is 15.5. The van der Waals surface area contributed by atoms with Gasteiger partial charge in [-0.1, -0.05) is 5.21 Å². The third-order valence-electron chi connectivity index (χ3n) is 8.95. The Morgan fingerprint density at radius 3 is 2.26 bits per heavy atom. The van der Waals surface area contributed by atoms with Gasteiger partial charge in [-0.2, -0.15) is 31.4 Å². The van der Waals surface area contributed by atoms with E-state index in [9.17, 15) is 44.7 Å². The normalized spacial score (nSPS) is 20.3. The molecule has 0 radical (unpaired) electrons. The Balaban J connectivity index is 1.27. The van der Waals surface area contributed by atoms with Crippen LogP contribution < -0.4 is 10.6 Å². The van der Waals surface area contributed by atoms with Crippen molar-refractivity contribution in [1.29, 1.82) is 0 Å². The van der Waals surface area contributed by atoms with Crippen LogP contribution in [0.25, 0.3) is 5.65 Å². The molecule has 0 aliphatic heterocycles. The van der Waals surface area contributed by atoms with Crippen molar-refractivity contribution in [1.82, 2.24) is 40.2 Å². The van der Waals surface area contributed by atoms with Crippen LogP contribution in [0.15, 0.2) is 18.5 Å². The van der Waals surface area contributed by atoms with Gasteiger partial charge in [0.15, 0.2) is 17.0 Å². The fraction of sp³-hybridized carbons (Fsp3) is 0.655. The molecule has 47 heavy (non-hydrogen) atoms. The first kappa shape index (κ1) is 33.1. The van der Waals surface area contributed by atoms with Crippen molar-refractivity contribution >= 4 is 17.5 Å². The van der Waals surface area contributed by atoms with Crippen LogP contribution in [0.1, 0.15) is 104 Å². The number of carbonyl (C=O) groups is 2. The highest BCUT2D eigenvalue weighted by atomic mass is 19.4. The van der Waals surface area contributed by atoms with E-state index in [0.29, 0.717) is 10.2 Å². The minimum Gasteiger partial charge on any atom is -0.349 e. The molecule has 0 saturated heterocycles. The standard InChI is InChI=1S/C29H32F8N8O2/c30-27(31)8-5-17(6-9-27)23(41-26(47)24-25(29(35,36)37)45(43-42-24)13-15-1-2-15)19-14-44-20(39-19)11-18(12-38-44)22(16-3-4-16)40-21(46)7-10-28(32,33)34/h11-12,14-17,22-23H,1-10,13H2,(H,40,46)(H,41,47)/t22?,23-/m0/s1. The lowest BCUT2D eigenvalue weighted by Gasteiger charge is -2.33. The predicted molar refractivity (Wildman–Crippen MR) is 147 cm³/mol. The minimum atomic E-state index is -4.93. The maximum absolute atomic E-state index is 14.1. The monoisotopic (exact) mass is 676 g/mol. The molecular formula is C29H32F8N8O2. The second kappa shape index (κ2) is 12.3. The molecule has 256 valence electrons. The molecule has 2 amide bonds. The highest BCUT2D eigenvalue weighted by Gasteiger charge is 2.44. The van der Waals surface area contributed by atoms with Gasteiger partial charge in [-0.25, -0.2) is 23.0 Å². The van der Waals surface area contributed by atoms with Crippen LogP contribution in [0.2, 0.25) is 0 Å². The summed E-state index contributed by atoms with van der Waals surface area (Å²) in [5.74, 6) is -5.48. The summed E-state index contributed by atoms with van der Waals surface area (Å²) in [7, 11) is 0. The smallest absolute Gasteiger partial charge is 0.349 e. The summed E-state index contributed by atoms with van der Waals surface area (Å²) in [6.07, 6.45) is -6.67. The second-order valence-electron chi connectivity index (χ2n) is 12.8.